The SMILES string of the molecule is CC(c1ccc(F)cc1Br)n1nccc1N. The number of benzene rings is 1. The number of nitrogens with two attached hydrogens (primary N) is 1. The molecule has 1 unspecified atom stereocenters. The molecule has 0 saturated carbocycles. The Hall–Kier alpha value is -1.36. The van der Waals surface area contributed by atoms with Crippen molar-refractivity contribution in [2.75, 3.05) is 5.73 Å². The molecule has 0 aliphatic heterocycles. The average Bonchev–Trinajstić information content (AvgIpc) is 2.63. The lowest BCUT2D eigenvalue weighted by atomic mass is 10.1. The number of nitrogens with zero attached hydrogens (tertiary/aromatic N) is 2. The van der Waals surface area contributed by atoms with Gasteiger partial charge in [0.15, 0.2) is 0 Å². The first-order valence-electron chi connectivity index (χ1n) is 4.83. The molecule has 0 saturated heterocycles. The number of aromatic nitrogens is 2. The lowest BCUT2D eigenvalue weighted by Crippen LogP contribution is -2.11. The summed E-state index contributed by atoms with van der Waals surface area (Å²) >= 11 is 3.34. The molecule has 1 heterocycles. The Bertz CT molecular complexity index is 510. The van der Waals surface area contributed by atoms with Crippen LogP contribution in [0.2, 0.25) is 0 Å². The van der Waals surface area contributed by atoms with Gasteiger partial charge in [0.2, 0.25) is 0 Å². The number of anilines is 1. The first-order chi connectivity index (χ1) is 7.59. The summed E-state index contributed by atoms with van der Waals surface area (Å²) in [6.07, 6.45) is 1.64. The molecule has 1 aromatic heterocycles. The fourth-order valence-corrected chi connectivity index (χ4v) is 2.30. The Kier molecular flexibility index (Phi) is 2.96. The molecule has 2 rings (SSSR count). The van der Waals surface area contributed by atoms with Crippen molar-refractivity contribution in [1.82, 2.24) is 9.78 Å². The number of rotatable bonds is 2. The Morgan fingerprint density at radius 3 is 2.75 bits per heavy atom. The van der Waals surface area contributed by atoms with E-state index in [9.17, 15) is 4.39 Å². The summed E-state index contributed by atoms with van der Waals surface area (Å²) in [6, 6.07) is 6.28. The predicted molar refractivity (Wildman–Crippen MR) is 64.6 cm³/mol. The van der Waals surface area contributed by atoms with Crippen LogP contribution in [0.5, 0.6) is 0 Å². The molecule has 0 aliphatic carbocycles. The standard InChI is InChI=1S/C11H11BrFN3/c1-7(16-11(14)4-5-15-16)9-3-2-8(13)6-10(9)12/h2-7H,14H2,1H3. The van der Waals surface area contributed by atoms with E-state index >= 15 is 0 Å². The van der Waals surface area contributed by atoms with Gasteiger partial charge >= 0.3 is 0 Å². The summed E-state index contributed by atoms with van der Waals surface area (Å²) in [5.74, 6) is 0.319. The first kappa shape index (κ1) is 11.1. The zero-order valence-corrected chi connectivity index (χ0v) is 10.3. The highest BCUT2D eigenvalue weighted by atomic mass is 79.9. The van der Waals surface area contributed by atoms with Gasteiger partial charge in [-0.05, 0) is 30.7 Å². The molecule has 1 atom stereocenters. The van der Waals surface area contributed by atoms with Gasteiger partial charge in [-0.3, -0.25) is 0 Å². The van der Waals surface area contributed by atoms with Gasteiger partial charge in [0.05, 0.1) is 12.2 Å². The van der Waals surface area contributed by atoms with Crippen molar-refractivity contribution in [2.24, 2.45) is 0 Å². The maximum atomic E-state index is 13.0. The van der Waals surface area contributed by atoms with E-state index in [0.717, 1.165) is 10.0 Å². The Labute approximate surface area is 101 Å². The van der Waals surface area contributed by atoms with E-state index in [1.807, 2.05) is 6.92 Å². The number of hydrogen-bond donors (Lipinski definition) is 1. The van der Waals surface area contributed by atoms with Gasteiger partial charge in [0.1, 0.15) is 11.6 Å². The fourth-order valence-electron chi connectivity index (χ4n) is 1.62. The van der Waals surface area contributed by atoms with Crippen LogP contribution in [0.25, 0.3) is 0 Å². The summed E-state index contributed by atoms with van der Waals surface area (Å²) in [5, 5.41) is 4.13. The van der Waals surface area contributed by atoms with Gasteiger partial charge in [-0.25, -0.2) is 9.07 Å². The van der Waals surface area contributed by atoms with Gasteiger partial charge in [0, 0.05) is 4.47 Å². The monoisotopic (exact) mass is 283 g/mol. The maximum absolute atomic E-state index is 13.0. The molecule has 5 heteroatoms. The highest BCUT2D eigenvalue weighted by molar-refractivity contribution is 9.10. The average molecular weight is 284 g/mol. The van der Waals surface area contributed by atoms with Crippen LogP contribution in [0.15, 0.2) is 34.9 Å². The van der Waals surface area contributed by atoms with E-state index in [2.05, 4.69) is 21.0 Å². The fraction of sp³-hybridized carbons (Fsp3) is 0.182. The van der Waals surface area contributed by atoms with Crippen molar-refractivity contribution in [3.8, 4) is 0 Å². The van der Waals surface area contributed by atoms with Crippen LogP contribution in [-0.2, 0) is 0 Å². The first-order valence-corrected chi connectivity index (χ1v) is 5.63. The van der Waals surface area contributed by atoms with Crippen LogP contribution >= 0.6 is 15.9 Å². The van der Waals surface area contributed by atoms with Crippen LogP contribution in [0.1, 0.15) is 18.5 Å². The zero-order valence-electron chi connectivity index (χ0n) is 8.69. The molecule has 0 bridgehead atoms. The van der Waals surface area contributed by atoms with Crippen molar-refractivity contribution >= 4 is 21.7 Å². The Morgan fingerprint density at radius 2 is 2.19 bits per heavy atom. The molecule has 16 heavy (non-hydrogen) atoms. The minimum atomic E-state index is -0.267. The largest absolute Gasteiger partial charge is 0.384 e. The maximum Gasteiger partial charge on any atom is 0.124 e. The van der Waals surface area contributed by atoms with Crippen molar-refractivity contribution in [2.45, 2.75) is 13.0 Å². The van der Waals surface area contributed by atoms with Crippen LogP contribution in [0.3, 0.4) is 0 Å². The molecule has 0 aliphatic rings. The smallest absolute Gasteiger partial charge is 0.124 e. The molecular formula is C11H11BrFN3. The third-order valence-electron chi connectivity index (χ3n) is 2.48. The second-order valence-electron chi connectivity index (χ2n) is 3.54. The summed E-state index contributed by atoms with van der Waals surface area (Å²) in [6.45, 7) is 1.96. The van der Waals surface area contributed by atoms with Crippen LogP contribution < -0.4 is 5.73 Å². The minimum absolute atomic E-state index is 0.0371. The normalized spacial score (nSPS) is 12.7. The summed E-state index contributed by atoms with van der Waals surface area (Å²) in [7, 11) is 0. The highest BCUT2D eigenvalue weighted by Gasteiger charge is 2.14. The van der Waals surface area contributed by atoms with E-state index in [1.54, 1.807) is 23.0 Å². The number of hydrogen-bond acceptors (Lipinski definition) is 2. The second-order valence-corrected chi connectivity index (χ2v) is 4.40. The number of halogens is 2. The molecule has 2 N–H and O–H groups in total. The van der Waals surface area contributed by atoms with Gasteiger partial charge in [0.25, 0.3) is 0 Å². The molecule has 84 valence electrons. The lowest BCUT2D eigenvalue weighted by Gasteiger charge is -2.15. The Morgan fingerprint density at radius 1 is 1.44 bits per heavy atom. The van der Waals surface area contributed by atoms with Gasteiger partial charge in [-0.15, -0.1) is 0 Å². The van der Waals surface area contributed by atoms with Gasteiger partial charge in [-0.1, -0.05) is 22.0 Å². The van der Waals surface area contributed by atoms with Gasteiger partial charge < -0.3 is 5.73 Å². The summed E-state index contributed by atoms with van der Waals surface area (Å²) < 4.78 is 15.4. The predicted octanol–water partition coefficient (Wildman–Crippen LogP) is 2.98. The molecule has 1 aromatic carbocycles. The molecular weight excluding hydrogens is 273 g/mol. The van der Waals surface area contributed by atoms with Crippen molar-refractivity contribution < 1.29 is 4.39 Å². The van der Waals surface area contributed by atoms with E-state index in [4.69, 9.17) is 5.73 Å². The molecule has 0 fully saturated rings. The van der Waals surface area contributed by atoms with E-state index in [0.29, 0.717) is 5.82 Å². The van der Waals surface area contributed by atoms with Crippen LogP contribution in [-0.4, -0.2) is 9.78 Å². The van der Waals surface area contributed by atoms with Crippen molar-refractivity contribution in [3.63, 3.8) is 0 Å². The van der Waals surface area contributed by atoms with Crippen LogP contribution in [0.4, 0.5) is 10.2 Å². The van der Waals surface area contributed by atoms with E-state index < -0.39 is 0 Å². The minimum Gasteiger partial charge on any atom is -0.384 e. The topological polar surface area (TPSA) is 43.8 Å². The number of nitrogen functional groups attached to an aromatic ring is 1. The molecule has 2 aromatic rings. The highest BCUT2D eigenvalue weighted by Crippen LogP contribution is 2.27. The van der Waals surface area contributed by atoms with E-state index in [1.165, 1.54) is 12.1 Å². The molecule has 0 spiro atoms. The quantitative estimate of drug-likeness (QED) is 0.921. The van der Waals surface area contributed by atoms with Crippen molar-refractivity contribution in [3.05, 3.63) is 46.3 Å². The molecule has 0 radical (unpaired) electrons. The second kappa shape index (κ2) is 4.25. The van der Waals surface area contributed by atoms with Gasteiger partial charge in [-0.2, -0.15) is 5.10 Å². The van der Waals surface area contributed by atoms with Crippen molar-refractivity contribution in [1.29, 1.82) is 0 Å². The molecule has 3 nitrogen and oxygen atoms in total. The Balaban J connectivity index is 2.41. The third-order valence-corrected chi connectivity index (χ3v) is 3.17. The summed E-state index contributed by atoms with van der Waals surface area (Å²) in [4.78, 5) is 0. The summed E-state index contributed by atoms with van der Waals surface area (Å²) in [5.41, 5.74) is 6.71. The zero-order chi connectivity index (χ0) is 11.7. The molecule has 0 amide bonds. The lowest BCUT2D eigenvalue weighted by molar-refractivity contribution is 0.567. The van der Waals surface area contributed by atoms with E-state index in [-0.39, 0.29) is 11.9 Å². The van der Waals surface area contributed by atoms with Crippen LogP contribution in [0, 0.1) is 5.82 Å². The third kappa shape index (κ3) is 1.95.